The lowest BCUT2D eigenvalue weighted by Gasteiger charge is -2.18. The largest absolute Gasteiger partial charge is 0.486 e. The number of thiazole rings is 1. The van der Waals surface area contributed by atoms with Crippen molar-refractivity contribution in [2.75, 3.05) is 26.9 Å². The summed E-state index contributed by atoms with van der Waals surface area (Å²) in [5, 5.41) is 11.1. The summed E-state index contributed by atoms with van der Waals surface area (Å²) in [4.78, 5) is 28.2. The molecular formula is C19H17N3O6S. The maximum atomic E-state index is 12.8. The molecule has 4 rings (SSSR count). The van der Waals surface area contributed by atoms with Crippen molar-refractivity contribution in [2.24, 2.45) is 4.99 Å². The standard InChI is InChI=1S/C19H17N3O6S/c1-26-7-6-21-14-11-13(22(24)25)3-5-17(14)29-19(21)20-18(23)12-2-4-15-16(10-12)28-9-8-27-15/h2-5,10-11H,6-9H2,1H3. The summed E-state index contributed by atoms with van der Waals surface area (Å²) in [5.41, 5.74) is 0.983. The minimum Gasteiger partial charge on any atom is -0.486 e. The van der Waals surface area contributed by atoms with Gasteiger partial charge in [0.05, 0.1) is 21.7 Å². The summed E-state index contributed by atoms with van der Waals surface area (Å²) in [6.45, 7) is 1.68. The van der Waals surface area contributed by atoms with Gasteiger partial charge in [0.25, 0.3) is 11.6 Å². The Balaban J connectivity index is 1.78. The topological polar surface area (TPSA) is 105 Å². The van der Waals surface area contributed by atoms with E-state index in [1.54, 1.807) is 35.9 Å². The van der Waals surface area contributed by atoms with E-state index in [2.05, 4.69) is 4.99 Å². The Kier molecular flexibility index (Phi) is 5.28. The lowest BCUT2D eigenvalue weighted by Crippen LogP contribution is -2.19. The van der Waals surface area contributed by atoms with Crippen LogP contribution in [-0.4, -0.2) is 42.3 Å². The van der Waals surface area contributed by atoms with Crippen LogP contribution in [0.15, 0.2) is 41.4 Å². The van der Waals surface area contributed by atoms with Crippen molar-refractivity contribution in [3.8, 4) is 11.5 Å². The van der Waals surface area contributed by atoms with Crippen molar-refractivity contribution < 1.29 is 23.9 Å². The molecule has 1 amide bonds. The number of carbonyl (C=O) groups excluding carboxylic acids is 1. The molecule has 0 saturated carbocycles. The van der Waals surface area contributed by atoms with Crippen molar-refractivity contribution >= 4 is 33.1 Å². The van der Waals surface area contributed by atoms with Gasteiger partial charge in [0, 0.05) is 31.4 Å². The first kappa shape index (κ1) is 19.1. The van der Waals surface area contributed by atoms with Crippen molar-refractivity contribution in [3.05, 3.63) is 56.9 Å². The lowest BCUT2D eigenvalue weighted by molar-refractivity contribution is -0.384. The molecule has 10 heteroatoms. The number of methoxy groups -OCH3 is 1. The summed E-state index contributed by atoms with van der Waals surface area (Å²) in [6, 6.07) is 9.51. The van der Waals surface area contributed by atoms with Crippen LogP contribution in [0.4, 0.5) is 5.69 Å². The van der Waals surface area contributed by atoms with Crippen LogP contribution in [-0.2, 0) is 11.3 Å². The van der Waals surface area contributed by atoms with Gasteiger partial charge >= 0.3 is 0 Å². The fraction of sp³-hybridized carbons (Fsp3) is 0.263. The third-order valence-corrected chi connectivity index (χ3v) is 5.44. The van der Waals surface area contributed by atoms with E-state index in [-0.39, 0.29) is 5.69 Å². The normalized spacial score (nSPS) is 13.6. The second-order valence-electron chi connectivity index (χ2n) is 6.21. The molecule has 0 unspecified atom stereocenters. The Labute approximate surface area is 168 Å². The summed E-state index contributed by atoms with van der Waals surface area (Å²) >= 11 is 1.29. The van der Waals surface area contributed by atoms with Gasteiger partial charge in [-0.2, -0.15) is 4.99 Å². The Morgan fingerprint density at radius 2 is 2.03 bits per heavy atom. The number of hydrogen-bond acceptors (Lipinski definition) is 7. The van der Waals surface area contributed by atoms with E-state index >= 15 is 0 Å². The Morgan fingerprint density at radius 1 is 1.24 bits per heavy atom. The number of amides is 1. The fourth-order valence-electron chi connectivity index (χ4n) is 2.98. The number of non-ortho nitro benzene ring substituents is 1. The highest BCUT2D eigenvalue weighted by molar-refractivity contribution is 7.16. The van der Waals surface area contributed by atoms with E-state index in [1.165, 1.54) is 23.5 Å². The van der Waals surface area contributed by atoms with Gasteiger partial charge in [-0.25, -0.2) is 0 Å². The van der Waals surface area contributed by atoms with Gasteiger partial charge in [0.15, 0.2) is 16.3 Å². The SMILES string of the molecule is COCCn1c(=NC(=O)c2ccc3c(c2)OCCO3)sc2ccc([N+](=O)[O-])cc21. The number of fused-ring (bicyclic) bond motifs is 2. The Morgan fingerprint density at radius 3 is 2.79 bits per heavy atom. The molecule has 0 fully saturated rings. The molecule has 9 nitrogen and oxygen atoms in total. The smallest absolute Gasteiger partial charge is 0.279 e. The molecule has 0 saturated heterocycles. The maximum absolute atomic E-state index is 12.8. The molecule has 0 aliphatic carbocycles. The highest BCUT2D eigenvalue weighted by Crippen LogP contribution is 2.31. The molecule has 3 aromatic rings. The van der Waals surface area contributed by atoms with E-state index in [0.717, 1.165) is 4.70 Å². The van der Waals surface area contributed by atoms with Gasteiger partial charge in [-0.15, -0.1) is 0 Å². The average Bonchev–Trinajstić information content (AvgIpc) is 3.07. The van der Waals surface area contributed by atoms with Crippen molar-refractivity contribution in [3.63, 3.8) is 0 Å². The van der Waals surface area contributed by atoms with Gasteiger partial charge in [-0.05, 0) is 24.3 Å². The predicted molar refractivity (Wildman–Crippen MR) is 106 cm³/mol. The zero-order valence-corrected chi connectivity index (χ0v) is 16.3. The van der Waals surface area contributed by atoms with Crippen molar-refractivity contribution in [1.82, 2.24) is 4.57 Å². The van der Waals surface area contributed by atoms with Crippen molar-refractivity contribution in [1.29, 1.82) is 0 Å². The second-order valence-corrected chi connectivity index (χ2v) is 7.22. The number of benzene rings is 2. The fourth-order valence-corrected chi connectivity index (χ4v) is 4.02. The molecule has 150 valence electrons. The molecule has 2 heterocycles. The molecule has 29 heavy (non-hydrogen) atoms. The van der Waals surface area contributed by atoms with Crippen LogP contribution < -0.4 is 14.3 Å². The molecule has 1 aliphatic rings. The highest BCUT2D eigenvalue weighted by Gasteiger charge is 2.16. The summed E-state index contributed by atoms with van der Waals surface area (Å²) < 4.78 is 18.7. The summed E-state index contributed by atoms with van der Waals surface area (Å²) in [5.74, 6) is 0.669. The number of hydrogen-bond donors (Lipinski definition) is 0. The van der Waals surface area contributed by atoms with Crippen LogP contribution in [0.3, 0.4) is 0 Å². The van der Waals surface area contributed by atoms with Gasteiger partial charge in [0.2, 0.25) is 0 Å². The van der Waals surface area contributed by atoms with Crippen molar-refractivity contribution in [2.45, 2.75) is 6.54 Å². The highest BCUT2D eigenvalue weighted by atomic mass is 32.1. The number of carbonyl (C=O) groups is 1. The number of nitro groups is 1. The number of nitro benzene ring substituents is 1. The lowest BCUT2D eigenvalue weighted by atomic mass is 10.2. The zero-order chi connectivity index (χ0) is 20.4. The third kappa shape index (κ3) is 3.84. The van der Waals surface area contributed by atoms with Crippen LogP contribution in [0.5, 0.6) is 11.5 Å². The molecule has 2 aromatic carbocycles. The molecule has 0 spiro atoms. The van der Waals surface area contributed by atoms with E-state index in [4.69, 9.17) is 14.2 Å². The summed E-state index contributed by atoms with van der Waals surface area (Å²) in [7, 11) is 1.56. The van der Waals surface area contributed by atoms with Crippen LogP contribution in [0.2, 0.25) is 0 Å². The molecular weight excluding hydrogens is 398 g/mol. The predicted octanol–water partition coefficient (Wildman–Crippen LogP) is 2.77. The quantitative estimate of drug-likeness (QED) is 0.469. The van der Waals surface area contributed by atoms with Crippen LogP contribution in [0.25, 0.3) is 10.2 Å². The van der Waals surface area contributed by atoms with Crippen LogP contribution in [0.1, 0.15) is 10.4 Å². The Hall–Kier alpha value is -3.24. The number of ether oxygens (including phenoxy) is 3. The van der Waals surface area contributed by atoms with Crippen LogP contribution in [0, 0.1) is 10.1 Å². The van der Waals surface area contributed by atoms with E-state index in [0.29, 0.717) is 53.7 Å². The molecule has 1 aromatic heterocycles. The zero-order valence-electron chi connectivity index (χ0n) is 15.5. The number of nitrogens with zero attached hydrogens (tertiary/aromatic N) is 3. The Bertz CT molecular complexity index is 1170. The minimum atomic E-state index is -0.449. The molecule has 1 aliphatic heterocycles. The van der Waals surface area contributed by atoms with E-state index in [9.17, 15) is 14.9 Å². The molecule has 0 bridgehead atoms. The third-order valence-electron chi connectivity index (χ3n) is 4.38. The number of rotatable bonds is 5. The second kappa shape index (κ2) is 8.02. The molecule has 0 N–H and O–H groups in total. The molecule has 0 atom stereocenters. The van der Waals surface area contributed by atoms with E-state index < -0.39 is 10.8 Å². The first-order valence-corrected chi connectivity index (χ1v) is 9.64. The summed E-state index contributed by atoms with van der Waals surface area (Å²) in [6.07, 6.45) is 0. The van der Waals surface area contributed by atoms with Gasteiger partial charge in [-0.3, -0.25) is 14.9 Å². The van der Waals surface area contributed by atoms with Gasteiger partial charge in [0.1, 0.15) is 13.2 Å². The first-order chi connectivity index (χ1) is 14.1. The minimum absolute atomic E-state index is 0.0221. The maximum Gasteiger partial charge on any atom is 0.279 e. The van der Waals surface area contributed by atoms with Gasteiger partial charge in [-0.1, -0.05) is 11.3 Å². The van der Waals surface area contributed by atoms with Gasteiger partial charge < -0.3 is 18.8 Å². The molecule has 0 radical (unpaired) electrons. The average molecular weight is 415 g/mol. The van der Waals surface area contributed by atoms with Crippen LogP contribution >= 0.6 is 11.3 Å². The number of aromatic nitrogens is 1. The van der Waals surface area contributed by atoms with E-state index in [1.807, 2.05) is 0 Å². The monoisotopic (exact) mass is 415 g/mol. The first-order valence-electron chi connectivity index (χ1n) is 8.82.